The van der Waals surface area contributed by atoms with Crippen LogP contribution in [0.25, 0.3) is 11.1 Å². The summed E-state index contributed by atoms with van der Waals surface area (Å²) in [5.74, 6) is 0. The van der Waals surface area contributed by atoms with Gasteiger partial charge in [-0.2, -0.15) is 0 Å². The molecule has 0 atom stereocenters. The third-order valence-electron chi connectivity index (χ3n) is 4.16. The Labute approximate surface area is 121 Å². The maximum atomic E-state index is 6.25. The zero-order valence-corrected chi connectivity index (χ0v) is 12.9. The highest BCUT2D eigenvalue weighted by Gasteiger charge is 2.13. The summed E-state index contributed by atoms with van der Waals surface area (Å²) in [6, 6.07) is 8.50. The van der Waals surface area contributed by atoms with E-state index in [-0.39, 0.29) is 0 Å². The molecule has 2 heteroatoms. The number of benzene rings is 2. The van der Waals surface area contributed by atoms with E-state index in [9.17, 15) is 0 Å². The van der Waals surface area contributed by atoms with Gasteiger partial charge in [-0.3, -0.25) is 0 Å². The number of rotatable bonds is 3. The lowest BCUT2D eigenvalue weighted by molar-refractivity contribution is 1.08. The van der Waals surface area contributed by atoms with E-state index < -0.39 is 0 Å². The number of hydrogen-bond acceptors (Lipinski definition) is 2. The van der Waals surface area contributed by atoms with E-state index in [0.717, 1.165) is 29.8 Å². The van der Waals surface area contributed by atoms with Gasteiger partial charge in [0.1, 0.15) is 0 Å². The number of aryl methyl sites for hydroxylation is 2. The Balaban J connectivity index is 2.71. The lowest BCUT2D eigenvalue weighted by atomic mass is 9.89. The van der Waals surface area contributed by atoms with Crippen molar-refractivity contribution in [2.75, 3.05) is 11.5 Å². The molecule has 0 saturated heterocycles. The molecule has 20 heavy (non-hydrogen) atoms. The quantitative estimate of drug-likeness (QED) is 0.817. The molecule has 2 aromatic rings. The first-order valence-corrected chi connectivity index (χ1v) is 7.26. The Hall–Kier alpha value is -1.96. The molecule has 0 spiro atoms. The molecule has 0 aliphatic rings. The molecule has 0 aliphatic carbocycles. The summed E-state index contributed by atoms with van der Waals surface area (Å²) in [5, 5.41) is 0. The van der Waals surface area contributed by atoms with Crippen LogP contribution in [0.4, 0.5) is 11.4 Å². The second kappa shape index (κ2) is 5.58. The van der Waals surface area contributed by atoms with E-state index in [4.69, 9.17) is 11.5 Å². The largest absolute Gasteiger partial charge is 0.399 e. The Morgan fingerprint density at radius 1 is 0.950 bits per heavy atom. The highest BCUT2D eigenvalue weighted by Crippen LogP contribution is 2.34. The molecular weight excluding hydrogens is 244 g/mol. The van der Waals surface area contributed by atoms with Crippen LogP contribution in [0.1, 0.15) is 36.1 Å². The van der Waals surface area contributed by atoms with Crippen molar-refractivity contribution in [1.29, 1.82) is 0 Å². The van der Waals surface area contributed by atoms with E-state index in [1.807, 2.05) is 6.07 Å². The summed E-state index contributed by atoms with van der Waals surface area (Å²) in [7, 11) is 0. The van der Waals surface area contributed by atoms with E-state index in [1.165, 1.54) is 27.8 Å². The van der Waals surface area contributed by atoms with Crippen LogP contribution in [0.2, 0.25) is 0 Å². The molecule has 0 saturated carbocycles. The predicted octanol–water partition coefficient (Wildman–Crippen LogP) is 4.26. The minimum Gasteiger partial charge on any atom is -0.399 e. The molecule has 0 heterocycles. The lowest BCUT2D eigenvalue weighted by Crippen LogP contribution is -2.03. The van der Waals surface area contributed by atoms with Gasteiger partial charge < -0.3 is 11.5 Å². The number of nitrogen functional groups attached to an aromatic ring is 2. The van der Waals surface area contributed by atoms with Gasteiger partial charge in [0.15, 0.2) is 0 Å². The summed E-state index contributed by atoms with van der Waals surface area (Å²) >= 11 is 0. The molecule has 2 nitrogen and oxygen atoms in total. The van der Waals surface area contributed by atoms with Gasteiger partial charge in [-0.1, -0.05) is 19.9 Å². The summed E-state index contributed by atoms with van der Waals surface area (Å²) < 4.78 is 0. The summed E-state index contributed by atoms with van der Waals surface area (Å²) in [4.78, 5) is 0. The second-order valence-corrected chi connectivity index (χ2v) is 5.38. The maximum Gasteiger partial charge on any atom is 0.0379 e. The molecule has 0 aromatic heterocycles. The van der Waals surface area contributed by atoms with Crippen molar-refractivity contribution in [1.82, 2.24) is 0 Å². The van der Waals surface area contributed by atoms with Gasteiger partial charge >= 0.3 is 0 Å². The van der Waals surface area contributed by atoms with Gasteiger partial charge in [0.05, 0.1) is 0 Å². The van der Waals surface area contributed by atoms with Gasteiger partial charge in [-0.05, 0) is 78.3 Å². The van der Waals surface area contributed by atoms with Crippen molar-refractivity contribution < 1.29 is 0 Å². The molecule has 0 aliphatic heterocycles. The molecule has 0 amide bonds. The third-order valence-corrected chi connectivity index (χ3v) is 4.16. The fourth-order valence-corrected chi connectivity index (χ4v) is 2.79. The Morgan fingerprint density at radius 2 is 1.65 bits per heavy atom. The SMILES string of the molecule is CCc1cc(-c2ccc(N)c(C)c2)c(CC)c(C)c1N. The summed E-state index contributed by atoms with van der Waals surface area (Å²) in [6.07, 6.45) is 1.94. The first-order valence-electron chi connectivity index (χ1n) is 7.26. The van der Waals surface area contributed by atoms with Crippen molar-refractivity contribution in [3.05, 3.63) is 46.5 Å². The van der Waals surface area contributed by atoms with Crippen LogP contribution in [0.15, 0.2) is 24.3 Å². The third kappa shape index (κ3) is 2.38. The minimum atomic E-state index is 0.842. The smallest absolute Gasteiger partial charge is 0.0379 e. The van der Waals surface area contributed by atoms with Gasteiger partial charge in [0.2, 0.25) is 0 Å². The van der Waals surface area contributed by atoms with E-state index in [0.29, 0.717) is 0 Å². The summed E-state index contributed by atoms with van der Waals surface area (Å²) in [5.41, 5.74) is 21.4. The molecule has 0 fully saturated rings. The molecule has 2 rings (SSSR count). The fraction of sp³-hybridized carbons (Fsp3) is 0.333. The Bertz CT molecular complexity index is 642. The highest BCUT2D eigenvalue weighted by atomic mass is 14.6. The number of nitrogens with two attached hydrogens (primary N) is 2. The van der Waals surface area contributed by atoms with E-state index in [1.54, 1.807) is 0 Å². The van der Waals surface area contributed by atoms with E-state index in [2.05, 4.69) is 45.9 Å². The van der Waals surface area contributed by atoms with Crippen LogP contribution in [0.5, 0.6) is 0 Å². The molecule has 0 radical (unpaired) electrons. The van der Waals surface area contributed by atoms with Crippen molar-refractivity contribution in [2.45, 2.75) is 40.5 Å². The van der Waals surface area contributed by atoms with Crippen molar-refractivity contribution >= 4 is 11.4 Å². The zero-order valence-electron chi connectivity index (χ0n) is 12.9. The topological polar surface area (TPSA) is 52.0 Å². The predicted molar refractivity (Wildman–Crippen MR) is 88.9 cm³/mol. The van der Waals surface area contributed by atoms with Gasteiger partial charge in [0.25, 0.3) is 0 Å². The highest BCUT2D eigenvalue weighted by molar-refractivity contribution is 5.76. The molecule has 0 bridgehead atoms. The second-order valence-electron chi connectivity index (χ2n) is 5.38. The molecule has 4 N–H and O–H groups in total. The van der Waals surface area contributed by atoms with Crippen LogP contribution in [-0.2, 0) is 12.8 Å². The van der Waals surface area contributed by atoms with Crippen LogP contribution in [0, 0.1) is 13.8 Å². The average Bonchev–Trinajstić information content (AvgIpc) is 2.44. The fourth-order valence-electron chi connectivity index (χ4n) is 2.79. The zero-order chi connectivity index (χ0) is 14.9. The molecule has 0 unspecified atom stereocenters. The van der Waals surface area contributed by atoms with Crippen LogP contribution < -0.4 is 11.5 Å². The number of hydrogen-bond donors (Lipinski definition) is 2. The van der Waals surface area contributed by atoms with Crippen molar-refractivity contribution in [2.24, 2.45) is 0 Å². The molecular formula is C18H24N2. The molecule has 2 aromatic carbocycles. The number of anilines is 2. The first-order chi connectivity index (χ1) is 9.49. The Morgan fingerprint density at radius 3 is 2.20 bits per heavy atom. The standard InChI is InChI=1S/C18H24N2/c1-5-13-10-16(15(6-2)12(4)18(13)20)14-7-8-17(19)11(3)9-14/h7-10H,5-6,19-20H2,1-4H3. The molecule has 106 valence electrons. The average molecular weight is 268 g/mol. The van der Waals surface area contributed by atoms with Crippen LogP contribution >= 0.6 is 0 Å². The normalized spacial score (nSPS) is 10.8. The van der Waals surface area contributed by atoms with Crippen molar-refractivity contribution in [3.8, 4) is 11.1 Å². The Kier molecular flexibility index (Phi) is 4.03. The van der Waals surface area contributed by atoms with Gasteiger partial charge in [-0.25, -0.2) is 0 Å². The van der Waals surface area contributed by atoms with Gasteiger partial charge in [-0.15, -0.1) is 0 Å². The monoisotopic (exact) mass is 268 g/mol. The lowest BCUT2D eigenvalue weighted by Gasteiger charge is -2.18. The van der Waals surface area contributed by atoms with Crippen molar-refractivity contribution in [3.63, 3.8) is 0 Å². The van der Waals surface area contributed by atoms with Crippen LogP contribution in [0.3, 0.4) is 0 Å². The first kappa shape index (κ1) is 14.4. The van der Waals surface area contributed by atoms with Gasteiger partial charge in [0, 0.05) is 11.4 Å². The van der Waals surface area contributed by atoms with Crippen LogP contribution in [-0.4, -0.2) is 0 Å². The maximum absolute atomic E-state index is 6.25. The minimum absolute atomic E-state index is 0.842. The summed E-state index contributed by atoms with van der Waals surface area (Å²) in [6.45, 7) is 8.51. The van der Waals surface area contributed by atoms with E-state index >= 15 is 0 Å².